The van der Waals surface area contributed by atoms with Gasteiger partial charge in [0.1, 0.15) is 46.4 Å². The van der Waals surface area contributed by atoms with Crippen molar-refractivity contribution in [2.45, 2.75) is 80.9 Å². The summed E-state index contributed by atoms with van der Waals surface area (Å²) in [5.74, 6) is -6.96. The van der Waals surface area contributed by atoms with Crippen LogP contribution in [0.4, 0.5) is 0 Å². The molecule has 12 nitrogen and oxygen atoms in total. The molecule has 4 aliphatic rings. The Bertz CT molecular complexity index is 1590. The normalized spacial score (nSPS) is 29.8. The number of aromatic hydroxyl groups is 1. The van der Waals surface area contributed by atoms with Crippen LogP contribution < -0.4 is 0 Å². The molecule has 222 valence electrons. The van der Waals surface area contributed by atoms with Crippen LogP contribution in [0.25, 0.3) is 17.1 Å². The van der Waals surface area contributed by atoms with Crippen molar-refractivity contribution in [3.63, 3.8) is 0 Å². The number of carbonyl (C=O) groups excluding carboxylic acids is 2. The standard InChI is InChI=1S/C30H30O12/c31-18-8-7-16(20-9-6-15(42-20)12-41-14-4-2-1-3-5-14)17-10-28(38)13-29(39)11-19(32)22(27(36)37)25(34)30(29,40)26(35)23(28)24(33)21(17)18/h6-9,14,31,33-34,38-40H,1-5,10-13H2,(H,36,37)/t28-,29+,30-/m0/s1. The number of aliphatic hydroxyl groups is 5. The molecular formula is C30H30O12. The fourth-order valence-corrected chi connectivity index (χ4v) is 6.95. The smallest absolute Gasteiger partial charge is 0.342 e. The van der Waals surface area contributed by atoms with Crippen LogP contribution >= 0.6 is 0 Å². The molecule has 4 aliphatic carbocycles. The molecule has 1 heterocycles. The van der Waals surface area contributed by atoms with Crippen LogP contribution in [0, 0.1) is 0 Å². The van der Waals surface area contributed by atoms with E-state index in [9.17, 15) is 50.1 Å². The van der Waals surface area contributed by atoms with Crippen LogP contribution in [0.15, 0.2) is 45.6 Å². The summed E-state index contributed by atoms with van der Waals surface area (Å²) < 4.78 is 12.0. The number of phenolic OH excluding ortho intramolecular Hbond substituents is 1. The van der Waals surface area contributed by atoms with Gasteiger partial charge in [0.05, 0.1) is 17.2 Å². The number of aliphatic carboxylic acids is 1. The van der Waals surface area contributed by atoms with E-state index in [1.165, 1.54) is 18.6 Å². The molecular weight excluding hydrogens is 552 g/mol. The molecule has 0 bridgehead atoms. The SMILES string of the molecule is O=C(O)C1=C(O)[C@]2(O)C(=O)C3=C(O)c4c(O)ccc(-c5ccc(COC6CCCCC6)o5)c4C[C@]3(O)C[C@]2(O)CC1=O. The number of carboxylic acids is 1. The average molecular weight is 583 g/mol. The van der Waals surface area contributed by atoms with Crippen molar-refractivity contribution in [2.75, 3.05) is 0 Å². The van der Waals surface area contributed by atoms with Gasteiger partial charge in [0.25, 0.3) is 0 Å². The number of hydrogen-bond acceptors (Lipinski definition) is 11. The van der Waals surface area contributed by atoms with Gasteiger partial charge in [0, 0.05) is 24.8 Å². The molecule has 1 aromatic carbocycles. The number of fused-ring (bicyclic) bond motifs is 3. The highest BCUT2D eigenvalue weighted by Gasteiger charge is 2.71. The van der Waals surface area contributed by atoms with Gasteiger partial charge in [-0.2, -0.15) is 0 Å². The zero-order chi connectivity index (χ0) is 30.2. The van der Waals surface area contributed by atoms with Gasteiger partial charge in [-0.05, 0) is 42.7 Å². The highest BCUT2D eigenvalue weighted by Crippen LogP contribution is 2.56. The molecule has 7 N–H and O–H groups in total. The third-order valence-corrected chi connectivity index (χ3v) is 8.98. The zero-order valence-electron chi connectivity index (χ0n) is 22.4. The molecule has 0 radical (unpaired) electrons. The van der Waals surface area contributed by atoms with Crippen LogP contribution in [0.3, 0.4) is 0 Å². The van der Waals surface area contributed by atoms with Gasteiger partial charge in [0.15, 0.2) is 11.5 Å². The minimum absolute atomic E-state index is 0.143. The lowest BCUT2D eigenvalue weighted by atomic mass is 9.55. The predicted octanol–water partition coefficient (Wildman–Crippen LogP) is 2.36. The molecule has 42 heavy (non-hydrogen) atoms. The summed E-state index contributed by atoms with van der Waals surface area (Å²) in [6.45, 7) is 0.230. The Hall–Kier alpha value is -3.97. The Kier molecular flexibility index (Phi) is 6.39. The maximum Gasteiger partial charge on any atom is 0.342 e. The monoisotopic (exact) mass is 582 g/mol. The lowest BCUT2D eigenvalue weighted by molar-refractivity contribution is -0.200. The molecule has 2 saturated carbocycles. The molecule has 6 rings (SSSR count). The number of furan rings is 1. The van der Waals surface area contributed by atoms with E-state index in [0.29, 0.717) is 17.1 Å². The van der Waals surface area contributed by atoms with Crippen molar-refractivity contribution >= 4 is 23.3 Å². The number of ketones is 2. The Labute approximate surface area is 238 Å². The lowest BCUT2D eigenvalue weighted by Crippen LogP contribution is -2.72. The van der Waals surface area contributed by atoms with Crippen molar-refractivity contribution in [3.8, 4) is 17.1 Å². The first-order valence-electron chi connectivity index (χ1n) is 13.7. The maximum absolute atomic E-state index is 13.7. The van der Waals surface area contributed by atoms with Crippen LogP contribution in [0.2, 0.25) is 0 Å². The quantitative estimate of drug-likeness (QED) is 0.253. The average Bonchev–Trinajstić information content (AvgIpc) is 3.38. The first-order valence-corrected chi connectivity index (χ1v) is 13.7. The van der Waals surface area contributed by atoms with Crippen LogP contribution in [-0.2, 0) is 32.1 Å². The number of aliphatic hydroxyl groups excluding tert-OH is 2. The molecule has 0 aliphatic heterocycles. The van der Waals surface area contributed by atoms with Gasteiger partial charge >= 0.3 is 5.97 Å². The number of carboxylic acid groups (broad SMARTS) is 1. The second-order valence-corrected chi connectivity index (χ2v) is 11.6. The second-order valence-electron chi connectivity index (χ2n) is 11.6. The summed E-state index contributed by atoms with van der Waals surface area (Å²) >= 11 is 0. The number of rotatable bonds is 5. The molecule has 0 saturated heterocycles. The number of carbonyl (C=O) groups is 3. The minimum Gasteiger partial charge on any atom is -0.508 e. The maximum atomic E-state index is 13.7. The van der Waals surface area contributed by atoms with Gasteiger partial charge in [-0.15, -0.1) is 0 Å². The minimum atomic E-state index is -3.36. The summed E-state index contributed by atoms with van der Waals surface area (Å²) in [6.07, 6.45) is 2.98. The van der Waals surface area contributed by atoms with E-state index >= 15 is 0 Å². The van der Waals surface area contributed by atoms with Crippen molar-refractivity contribution in [2.24, 2.45) is 0 Å². The molecule has 0 unspecified atom stereocenters. The van der Waals surface area contributed by atoms with Gasteiger partial charge in [-0.25, -0.2) is 4.79 Å². The van der Waals surface area contributed by atoms with Crippen LogP contribution in [0.5, 0.6) is 5.75 Å². The molecule has 0 spiro atoms. The lowest BCUT2D eigenvalue weighted by Gasteiger charge is -2.54. The Morgan fingerprint density at radius 3 is 2.38 bits per heavy atom. The van der Waals surface area contributed by atoms with Gasteiger partial charge in [0.2, 0.25) is 11.4 Å². The van der Waals surface area contributed by atoms with E-state index in [1.54, 1.807) is 12.1 Å². The highest BCUT2D eigenvalue weighted by molar-refractivity contribution is 6.22. The first-order chi connectivity index (χ1) is 19.8. The number of benzene rings is 1. The number of hydrogen-bond donors (Lipinski definition) is 7. The second kappa shape index (κ2) is 9.53. The summed E-state index contributed by atoms with van der Waals surface area (Å²) in [4.78, 5) is 37.9. The van der Waals surface area contributed by atoms with Crippen LogP contribution in [0.1, 0.15) is 61.8 Å². The third kappa shape index (κ3) is 3.93. The Morgan fingerprint density at radius 1 is 0.976 bits per heavy atom. The molecule has 1 aromatic heterocycles. The fourth-order valence-electron chi connectivity index (χ4n) is 6.95. The molecule has 0 amide bonds. The van der Waals surface area contributed by atoms with Crippen molar-refractivity contribution < 1.29 is 59.3 Å². The molecule has 2 fully saturated rings. The summed E-state index contributed by atoms with van der Waals surface area (Å²) in [7, 11) is 0. The number of phenols is 1. The van der Waals surface area contributed by atoms with Gasteiger partial charge < -0.3 is 44.9 Å². The van der Waals surface area contributed by atoms with E-state index < -0.39 is 82.0 Å². The number of ether oxygens (including phenoxy) is 1. The van der Waals surface area contributed by atoms with Crippen molar-refractivity contribution in [1.82, 2.24) is 0 Å². The Balaban J connectivity index is 1.43. The predicted molar refractivity (Wildman–Crippen MR) is 142 cm³/mol. The highest BCUT2D eigenvalue weighted by atomic mass is 16.5. The van der Waals surface area contributed by atoms with Crippen molar-refractivity contribution in [1.29, 1.82) is 0 Å². The Morgan fingerprint density at radius 2 is 1.69 bits per heavy atom. The first kappa shape index (κ1) is 28.2. The molecule has 3 atom stereocenters. The van der Waals surface area contributed by atoms with Gasteiger partial charge in [-0.1, -0.05) is 19.3 Å². The number of Topliss-reactive ketones (excluding diaryl/α,β-unsaturated/α-hetero) is 2. The van der Waals surface area contributed by atoms with E-state index in [-0.39, 0.29) is 23.8 Å². The van der Waals surface area contributed by atoms with E-state index in [4.69, 9.17) is 9.15 Å². The fraction of sp³-hybridized carbons (Fsp3) is 0.433. The van der Waals surface area contributed by atoms with E-state index in [1.807, 2.05) is 0 Å². The summed E-state index contributed by atoms with van der Waals surface area (Å²) in [5, 5.41) is 76.5. The van der Waals surface area contributed by atoms with Crippen LogP contribution in [-0.4, -0.2) is 76.2 Å². The van der Waals surface area contributed by atoms with E-state index in [2.05, 4.69) is 0 Å². The molecule has 12 heteroatoms. The van der Waals surface area contributed by atoms with E-state index in [0.717, 1.165) is 25.7 Å². The third-order valence-electron chi connectivity index (χ3n) is 8.98. The van der Waals surface area contributed by atoms with Gasteiger partial charge in [-0.3, -0.25) is 9.59 Å². The molecule has 2 aromatic rings. The topological polar surface area (TPSA) is 215 Å². The van der Waals surface area contributed by atoms with Crippen molar-refractivity contribution in [3.05, 3.63) is 58.1 Å². The summed E-state index contributed by atoms with van der Waals surface area (Å²) in [5.41, 5.74) is -10.4. The largest absolute Gasteiger partial charge is 0.508 e. The zero-order valence-corrected chi connectivity index (χ0v) is 22.4. The summed E-state index contributed by atoms with van der Waals surface area (Å²) in [6, 6.07) is 6.11.